The average Bonchev–Trinajstić information content (AvgIpc) is 2.95. The zero-order valence-electron chi connectivity index (χ0n) is 21.8. The van der Waals surface area contributed by atoms with Crippen LogP contribution in [0.5, 0.6) is 34.5 Å². The summed E-state index contributed by atoms with van der Waals surface area (Å²) < 4.78 is 27.8. The molecular formula is C26H28O17. The Labute approximate surface area is 239 Å². The predicted octanol–water partition coefficient (Wildman–Crippen LogP) is -2.37. The van der Waals surface area contributed by atoms with Crippen LogP contribution in [0.15, 0.2) is 33.5 Å². The lowest BCUT2D eigenvalue weighted by Gasteiger charge is -2.44. The maximum atomic E-state index is 13.7. The quantitative estimate of drug-likeness (QED) is 0.130. The number of aliphatic hydroxyl groups excluding tert-OH is 6. The lowest BCUT2D eigenvalue weighted by Crippen LogP contribution is -2.63. The van der Waals surface area contributed by atoms with Crippen molar-refractivity contribution in [1.29, 1.82) is 0 Å². The van der Waals surface area contributed by atoms with E-state index in [4.69, 9.17) is 23.4 Å². The van der Waals surface area contributed by atoms with Crippen LogP contribution in [0.25, 0.3) is 22.3 Å². The van der Waals surface area contributed by atoms with Crippen molar-refractivity contribution in [3.8, 4) is 45.8 Å². The molecule has 2 aliphatic heterocycles. The summed E-state index contributed by atoms with van der Waals surface area (Å²) in [6.45, 7) is -1.38. The summed E-state index contributed by atoms with van der Waals surface area (Å²) in [5.41, 5.74) is -1.71. The highest BCUT2D eigenvalue weighted by Gasteiger charge is 2.49. The highest BCUT2D eigenvalue weighted by atomic mass is 16.8. The third-order valence-electron chi connectivity index (χ3n) is 7.05. The molecule has 17 nitrogen and oxygen atoms in total. The number of hydrogen-bond donors (Lipinski definition) is 11. The molecule has 2 saturated heterocycles. The summed E-state index contributed by atoms with van der Waals surface area (Å²) in [4.78, 5) is 13.7. The maximum absolute atomic E-state index is 13.7. The molecule has 9 atom stereocenters. The van der Waals surface area contributed by atoms with E-state index in [1.165, 1.54) is 0 Å². The van der Waals surface area contributed by atoms with E-state index in [0.29, 0.717) is 0 Å². The van der Waals surface area contributed by atoms with E-state index in [-0.39, 0.29) is 11.1 Å². The van der Waals surface area contributed by atoms with Crippen LogP contribution < -0.4 is 10.2 Å². The molecule has 0 unspecified atom stereocenters. The first-order valence-electron chi connectivity index (χ1n) is 12.7. The van der Waals surface area contributed by atoms with Crippen LogP contribution in [-0.2, 0) is 14.2 Å². The van der Waals surface area contributed by atoms with Gasteiger partial charge in [0.1, 0.15) is 59.1 Å². The van der Waals surface area contributed by atoms with Crippen molar-refractivity contribution >= 4 is 11.0 Å². The highest BCUT2D eigenvalue weighted by molar-refractivity contribution is 5.88. The van der Waals surface area contributed by atoms with Gasteiger partial charge in [-0.05, 0) is 12.1 Å². The molecule has 2 aromatic carbocycles. The van der Waals surface area contributed by atoms with E-state index in [9.17, 15) is 61.0 Å². The van der Waals surface area contributed by atoms with E-state index in [1.54, 1.807) is 0 Å². The first kappa shape index (κ1) is 30.5. The molecule has 0 bridgehead atoms. The molecule has 17 heteroatoms. The molecular weight excluding hydrogens is 584 g/mol. The minimum absolute atomic E-state index is 0.257. The maximum Gasteiger partial charge on any atom is 0.239 e. The van der Waals surface area contributed by atoms with Crippen molar-refractivity contribution in [2.75, 3.05) is 13.2 Å². The van der Waals surface area contributed by atoms with Gasteiger partial charge in [0.15, 0.2) is 35.4 Å². The van der Waals surface area contributed by atoms with Crippen molar-refractivity contribution in [3.05, 3.63) is 34.5 Å². The zero-order valence-corrected chi connectivity index (χ0v) is 21.8. The van der Waals surface area contributed by atoms with Crippen molar-refractivity contribution in [2.24, 2.45) is 0 Å². The minimum Gasteiger partial charge on any atom is -0.508 e. The standard InChI is InChI=1S/C26H28O17/c27-5-14-18(35)20(37)21(38)25(41-14)43-24-17(34)12(32)6-39-26(24)42-23-19(36)15-9(29)3-8(28)4-13(15)40-22(23)7-1-10(30)16(33)11(31)2-7/h1-4,12,14,17-18,20-21,24-35,37-38H,5-6H2/t12-,14-,17+,18-,20+,21-,24-,25+,26+/m1/s1. The normalized spacial score (nSPS) is 31.3. The van der Waals surface area contributed by atoms with Crippen molar-refractivity contribution in [1.82, 2.24) is 0 Å². The van der Waals surface area contributed by atoms with Crippen LogP contribution >= 0.6 is 0 Å². The number of phenolic OH excluding ortho intramolecular Hbond substituents is 5. The van der Waals surface area contributed by atoms with Crippen LogP contribution in [0, 0.1) is 0 Å². The zero-order chi connectivity index (χ0) is 31.3. The molecule has 43 heavy (non-hydrogen) atoms. The Morgan fingerprint density at radius 1 is 0.814 bits per heavy atom. The molecule has 2 fully saturated rings. The Morgan fingerprint density at radius 2 is 1.49 bits per heavy atom. The number of rotatable bonds is 6. The first-order valence-corrected chi connectivity index (χ1v) is 12.7. The van der Waals surface area contributed by atoms with Crippen molar-refractivity contribution in [2.45, 2.75) is 55.3 Å². The van der Waals surface area contributed by atoms with Gasteiger partial charge in [-0.25, -0.2) is 0 Å². The molecule has 2 aliphatic rings. The van der Waals surface area contributed by atoms with E-state index in [2.05, 4.69) is 0 Å². The molecule has 0 radical (unpaired) electrons. The number of hydrogen-bond acceptors (Lipinski definition) is 17. The molecule has 1 aromatic heterocycles. The fourth-order valence-electron chi connectivity index (χ4n) is 4.76. The third kappa shape index (κ3) is 5.49. The smallest absolute Gasteiger partial charge is 0.239 e. The molecule has 3 heterocycles. The summed E-state index contributed by atoms with van der Waals surface area (Å²) in [5.74, 6) is -5.10. The SMILES string of the molecule is O=c1c(O[C@@H]2OC[C@@H](O)[C@H](O)[C@H]2O[C@@H]2O[C@H](CO)[C@@H](O)[C@H](O)[C@H]2O)c(-c2cc(O)c(O)c(O)c2)oc2cc(O)cc(O)c12. The van der Waals surface area contributed by atoms with Crippen molar-refractivity contribution < 1.29 is 79.5 Å². The first-order chi connectivity index (χ1) is 20.3. The van der Waals surface area contributed by atoms with Gasteiger partial charge in [0.2, 0.25) is 17.5 Å². The van der Waals surface area contributed by atoms with Crippen LogP contribution in [0.4, 0.5) is 0 Å². The molecule has 3 aromatic rings. The predicted molar refractivity (Wildman–Crippen MR) is 137 cm³/mol. The van der Waals surface area contributed by atoms with Gasteiger partial charge in [0, 0.05) is 17.7 Å². The Bertz CT molecular complexity index is 1530. The fourth-order valence-corrected chi connectivity index (χ4v) is 4.76. The number of aromatic hydroxyl groups is 5. The fraction of sp³-hybridized carbons (Fsp3) is 0.423. The second-order valence-electron chi connectivity index (χ2n) is 9.97. The van der Waals surface area contributed by atoms with Gasteiger partial charge in [-0.3, -0.25) is 4.79 Å². The van der Waals surface area contributed by atoms with Gasteiger partial charge in [0.05, 0.1) is 13.2 Å². The van der Waals surface area contributed by atoms with E-state index < -0.39 is 120 Å². The lowest BCUT2D eigenvalue weighted by atomic mass is 9.99. The van der Waals surface area contributed by atoms with Gasteiger partial charge in [0.25, 0.3) is 0 Å². The van der Waals surface area contributed by atoms with Crippen LogP contribution in [0.2, 0.25) is 0 Å². The van der Waals surface area contributed by atoms with Crippen LogP contribution in [-0.4, -0.2) is 125 Å². The van der Waals surface area contributed by atoms with Gasteiger partial charge in [-0.2, -0.15) is 0 Å². The van der Waals surface area contributed by atoms with Crippen LogP contribution in [0.1, 0.15) is 0 Å². The number of phenols is 5. The molecule has 5 rings (SSSR count). The van der Waals surface area contributed by atoms with E-state index in [0.717, 1.165) is 24.3 Å². The van der Waals surface area contributed by atoms with Gasteiger partial charge >= 0.3 is 0 Å². The van der Waals surface area contributed by atoms with Gasteiger partial charge in [-0.15, -0.1) is 0 Å². The van der Waals surface area contributed by atoms with E-state index >= 15 is 0 Å². The molecule has 234 valence electrons. The molecule has 0 spiro atoms. The lowest BCUT2D eigenvalue weighted by molar-refractivity contribution is -0.348. The van der Waals surface area contributed by atoms with Gasteiger partial charge < -0.3 is 79.5 Å². The number of fused-ring (bicyclic) bond motifs is 1. The summed E-state index contributed by atoms with van der Waals surface area (Å²) in [5, 5.41) is 111. The van der Waals surface area contributed by atoms with Crippen LogP contribution in [0.3, 0.4) is 0 Å². The highest BCUT2D eigenvalue weighted by Crippen LogP contribution is 2.43. The second kappa shape index (κ2) is 11.6. The topological polar surface area (TPSA) is 290 Å². The Hall–Kier alpha value is -3.91. The monoisotopic (exact) mass is 612 g/mol. The van der Waals surface area contributed by atoms with E-state index in [1.807, 2.05) is 0 Å². The Morgan fingerprint density at radius 3 is 2.14 bits per heavy atom. The number of ether oxygens (including phenoxy) is 4. The third-order valence-corrected chi connectivity index (χ3v) is 7.05. The summed E-state index contributed by atoms with van der Waals surface area (Å²) in [6, 6.07) is 3.59. The Kier molecular flexibility index (Phi) is 8.27. The largest absolute Gasteiger partial charge is 0.508 e. The number of benzene rings is 2. The Balaban J connectivity index is 1.60. The number of aliphatic hydroxyl groups is 6. The molecule has 11 N–H and O–H groups in total. The summed E-state index contributed by atoms with van der Waals surface area (Å²) in [7, 11) is 0. The van der Waals surface area contributed by atoms with Gasteiger partial charge in [-0.1, -0.05) is 0 Å². The average molecular weight is 612 g/mol. The molecule has 0 amide bonds. The molecule has 0 aliphatic carbocycles. The summed E-state index contributed by atoms with van der Waals surface area (Å²) in [6.07, 6.45) is -15.8. The molecule has 0 saturated carbocycles. The minimum atomic E-state index is -1.93. The second-order valence-corrected chi connectivity index (χ2v) is 9.97. The summed E-state index contributed by atoms with van der Waals surface area (Å²) >= 11 is 0. The van der Waals surface area contributed by atoms with Crippen molar-refractivity contribution in [3.63, 3.8) is 0 Å².